The van der Waals surface area contributed by atoms with Crippen molar-refractivity contribution in [3.63, 3.8) is 0 Å². The minimum atomic E-state index is -0.657. The molecule has 0 saturated heterocycles. The molecule has 0 heterocycles. The van der Waals surface area contributed by atoms with Gasteiger partial charge in [-0.05, 0) is 76.5 Å². The number of carbonyl (C=O) groups excluding carboxylic acids is 4. The molecule has 0 atom stereocenters. The van der Waals surface area contributed by atoms with Crippen LogP contribution in [0.3, 0.4) is 0 Å². The van der Waals surface area contributed by atoms with Gasteiger partial charge >= 0.3 is 11.8 Å². The normalized spacial score (nSPS) is 15.4. The van der Waals surface area contributed by atoms with Gasteiger partial charge in [-0.2, -0.15) is 0 Å². The first-order valence-corrected chi connectivity index (χ1v) is 14.2. The highest BCUT2D eigenvalue weighted by Gasteiger charge is 2.29. The Morgan fingerprint density at radius 1 is 1.00 bits per heavy atom. The molecule has 0 aromatic heterocycles. The SMILES string of the molecule is C/C=C/NC(=S)C(N)=O.CC.CCNC.CCc1ccc(NC(=O)C(=O)NC2CCC(C(=O)N(C)C)CC2)cc1. The Morgan fingerprint density at radius 3 is 1.93 bits per heavy atom. The third-order valence-corrected chi connectivity index (χ3v) is 5.96. The molecule has 1 aromatic carbocycles. The van der Waals surface area contributed by atoms with E-state index in [-0.39, 0.29) is 22.9 Å². The first-order valence-electron chi connectivity index (χ1n) is 13.8. The summed E-state index contributed by atoms with van der Waals surface area (Å²) in [5.74, 6) is -1.73. The highest BCUT2D eigenvalue weighted by atomic mass is 32.1. The molecule has 4 amide bonds. The Kier molecular flexibility index (Phi) is 22.9. The van der Waals surface area contributed by atoms with E-state index in [2.05, 4.69) is 47.3 Å². The number of benzene rings is 1. The summed E-state index contributed by atoms with van der Waals surface area (Å²) in [6, 6.07) is 7.39. The second-order valence-electron chi connectivity index (χ2n) is 8.80. The van der Waals surface area contributed by atoms with Gasteiger partial charge in [-0.25, -0.2) is 0 Å². The van der Waals surface area contributed by atoms with Crippen molar-refractivity contribution in [2.24, 2.45) is 11.7 Å². The van der Waals surface area contributed by atoms with E-state index in [9.17, 15) is 19.2 Å². The minimum absolute atomic E-state index is 0.0223. The van der Waals surface area contributed by atoms with Crippen molar-refractivity contribution in [2.45, 2.75) is 72.8 Å². The van der Waals surface area contributed by atoms with E-state index in [0.717, 1.165) is 25.8 Å². The van der Waals surface area contributed by atoms with Gasteiger partial charge in [-0.15, -0.1) is 0 Å². The number of primary amides is 1. The molecule has 1 aliphatic carbocycles. The second kappa shape index (κ2) is 23.6. The average molecular weight is 579 g/mol. The summed E-state index contributed by atoms with van der Waals surface area (Å²) >= 11 is 4.51. The second-order valence-corrected chi connectivity index (χ2v) is 9.21. The van der Waals surface area contributed by atoms with Gasteiger partial charge < -0.3 is 31.9 Å². The van der Waals surface area contributed by atoms with Crippen LogP contribution in [0, 0.1) is 5.92 Å². The molecule has 226 valence electrons. The maximum atomic E-state index is 12.1. The molecular weight excluding hydrogens is 528 g/mol. The van der Waals surface area contributed by atoms with E-state index in [1.807, 2.05) is 33.0 Å². The van der Waals surface area contributed by atoms with Crippen LogP contribution in [0.15, 0.2) is 36.5 Å². The molecule has 1 aliphatic rings. The average Bonchev–Trinajstić information content (AvgIpc) is 2.97. The van der Waals surface area contributed by atoms with Crippen LogP contribution in [0.1, 0.15) is 65.9 Å². The summed E-state index contributed by atoms with van der Waals surface area (Å²) in [5, 5.41) is 10.8. The molecule has 40 heavy (non-hydrogen) atoms. The largest absolute Gasteiger partial charge is 0.364 e. The Bertz CT molecular complexity index is 925. The lowest BCUT2D eigenvalue weighted by Gasteiger charge is -2.29. The summed E-state index contributed by atoms with van der Waals surface area (Å²) in [6.07, 6.45) is 7.10. The van der Waals surface area contributed by atoms with E-state index >= 15 is 0 Å². The lowest BCUT2D eigenvalue weighted by atomic mass is 9.85. The van der Waals surface area contributed by atoms with Crippen LogP contribution in [0.5, 0.6) is 0 Å². The van der Waals surface area contributed by atoms with Crippen LogP contribution in [-0.4, -0.2) is 67.2 Å². The standard InChI is InChI=1S/C19H27N3O3.C5H8N2OS.C3H9N.C2H6/c1-4-13-5-9-15(10-6-13)20-17(23)18(24)21-16-11-7-14(8-12-16)19(25)22(2)3;1-2-3-7-5(9)4(6)8;1-3-4-2;1-2/h5-6,9-10,14,16H,4,7-8,11-12H2,1-3H3,(H,20,23)(H,21,24);2-3H,1H3,(H2,6,8)(H,7,9);4H,3H2,1-2H3;1-2H3/b;3-2+;;. The fourth-order valence-corrected chi connectivity index (χ4v) is 3.41. The zero-order valence-corrected chi connectivity index (χ0v) is 26.2. The van der Waals surface area contributed by atoms with Crippen molar-refractivity contribution in [1.82, 2.24) is 20.9 Å². The van der Waals surface area contributed by atoms with Crippen LogP contribution in [0.25, 0.3) is 0 Å². The first-order chi connectivity index (χ1) is 19.0. The number of amides is 4. The monoisotopic (exact) mass is 578 g/mol. The van der Waals surface area contributed by atoms with E-state index in [1.165, 1.54) is 5.56 Å². The van der Waals surface area contributed by atoms with Gasteiger partial charge in [0.2, 0.25) is 5.91 Å². The lowest BCUT2D eigenvalue weighted by molar-refractivity contribution is -0.137. The molecule has 2 rings (SSSR count). The van der Waals surface area contributed by atoms with Gasteiger partial charge in [0.05, 0.1) is 0 Å². The number of hydrogen-bond donors (Lipinski definition) is 5. The highest BCUT2D eigenvalue weighted by molar-refractivity contribution is 7.82. The lowest BCUT2D eigenvalue weighted by Crippen LogP contribution is -2.44. The molecule has 1 aromatic rings. The number of nitrogens with zero attached hydrogens (tertiary/aromatic N) is 1. The number of thiocarbonyl (C=S) groups is 1. The van der Waals surface area contributed by atoms with Crippen molar-refractivity contribution < 1.29 is 19.2 Å². The predicted molar refractivity (Wildman–Crippen MR) is 168 cm³/mol. The third-order valence-electron chi connectivity index (χ3n) is 5.64. The van der Waals surface area contributed by atoms with Crippen molar-refractivity contribution in [3.8, 4) is 0 Å². The Labute approximate surface area is 245 Å². The summed E-state index contributed by atoms with van der Waals surface area (Å²) in [7, 11) is 5.45. The third kappa shape index (κ3) is 17.3. The van der Waals surface area contributed by atoms with Crippen LogP contribution in [-0.2, 0) is 25.6 Å². The van der Waals surface area contributed by atoms with E-state index in [4.69, 9.17) is 5.73 Å². The Balaban J connectivity index is 0. The van der Waals surface area contributed by atoms with Gasteiger partial charge in [0.1, 0.15) is 0 Å². The van der Waals surface area contributed by atoms with Crippen LogP contribution in [0.2, 0.25) is 0 Å². The molecule has 11 heteroatoms. The van der Waals surface area contributed by atoms with Crippen molar-refractivity contribution in [3.05, 3.63) is 42.1 Å². The van der Waals surface area contributed by atoms with Gasteiger partial charge in [-0.3, -0.25) is 19.2 Å². The number of nitrogens with one attached hydrogen (secondary N) is 4. The molecule has 0 radical (unpaired) electrons. The molecule has 10 nitrogen and oxygen atoms in total. The highest BCUT2D eigenvalue weighted by Crippen LogP contribution is 2.25. The maximum absolute atomic E-state index is 12.1. The Morgan fingerprint density at radius 2 is 1.52 bits per heavy atom. The smallest absolute Gasteiger partial charge is 0.313 e. The number of allylic oxidation sites excluding steroid dienone is 1. The van der Waals surface area contributed by atoms with Crippen LogP contribution < -0.4 is 27.0 Å². The van der Waals surface area contributed by atoms with Gasteiger partial charge in [0.15, 0.2) is 4.99 Å². The van der Waals surface area contributed by atoms with E-state index < -0.39 is 17.7 Å². The van der Waals surface area contributed by atoms with Crippen molar-refractivity contribution in [2.75, 3.05) is 33.0 Å². The number of nitrogens with two attached hydrogens (primary N) is 1. The Hall–Kier alpha value is -3.31. The van der Waals surface area contributed by atoms with E-state index in [0.29, 0.717) is 18.5 Å². The number of anilines is 1. The topological polar surface area (TPSA) is 146 Å². The molecule has 0 bridgehead atoms. The maximum Gasteiger partial charge on any atom is 0.313 e. The van der Waals surface area contributed by atoms with Crippen LogP contribution >= 0.6 is 12.2 Å². The molecule has 1 saturated carbocycles. The summed E-state index contributed by atoms with van der Waals surface area (Å²) in [6.45, 7) is 11.0. The number of aryl methyl sites for hydroxylation is 1. The van der Waals surface area contributed by atoms with Crippen molar-refractivity contribution in [1.29, 1.82) is 0 Å². The number of rotatable bonds is 6. The number of carbonyl (C=O) groups is 4. The summed E-state index contributed by atoms with van der Waals surface area (Å²) in [5.41, 5.74) is 6.58. The van der Waals surface area contributed by atoms with Crippen molar-refractivity contribution >= 4 is 46.5 Å². The molecule has 0 spiro atoms. The summed E-state index contributed by atoms with van der Waals surface area (Å²) < 4.78 is 0. The zero-order chi connectivity index (χ0) is 31.1. The number of hydrogen-bond acceptors (Lipinski definition) is 6. The molecule has 0 unspecified atom stereocenters. The minimum Gasteiger partial charge on any atom is -0.364 e. The fourth-order valence-electron chi connectivity index (χ4n) is 3.34. The van der Waals surface area contributed by atoms with Gasteiger partial charge in [0, 0.05) is 31.7 Å². The van der Waals surface area contributed by atoms with E-state index in [1.54, 1.807) is 50.3 Å². The zero-order valence-electron chi connectivity index (χ0n) is 25.4. The van der Waals surface area contributed by atoms with Gasteiger partial charge in [-0.1, -0.05) is 58.1 Å². The molecular formula is C29H50N6O4S. The molecule has 6 N–H and O–H groups in total. The fraction of sp³-hybridized carbons (Fsp3) is 0.552. The van der Waals surface area contributed by atoms with Gasteiger partial charge in [0.25, 0.3) is 5.91 Å². The van der Waals surface area contributed by atoms with Crippen LogP contribution in [0.4, 0.5) is 5.69 Å². The quantitative estimate of drug-likeness (QED) is 0.258. The predicted octanol–water partition coefficient (Wildman–Crippen LogP) is 3.12. The molecule has 1 fully saturated rings. The molecule has 0 aliphatic heterocycles. The summed E-state index contributed by atoms with van der Waals surface area (Å²) in [4.78, 5) is 47.9. The first kappa shape index (κ1) is 38.8.